The minimum atomic E-state index is -0.853. The molecule has 0 saturated carbocycles. The summed E-state index contributed by atoms with van der Waals surface area (Å²) in [7, 11) is 0. The summed E-state index contributed by atoms with van der Waals surface area (Å²) >= 11 is 0. The molecule has 0 aliphatic rings. The molecule has 0 atom stereocenters. The SMILES string of the molecule is O=C(COC(=O)c1cccc(C(=O)OCC(=O)c2ccccc2)n1)c1ccccc1. The molecule has 0 amide bonds. The fourth-order valence-electron chi connectivity index (χ4n) is 2.49. The molecule has 0 aliphatic carbocycles. The molecule has 30 heavy (non-hydrogen) atoms. The molecule has 0 N–H and O–H groups in total. The van der Waals surface area contributed by atoms with E-state index in [9.17, 15) is 19.2 Å². The van der Waals surface area contributed by atoms with Gasteiger partial charge in [0.15, 0.2) is 24.8 Å². The number of hydrogen-bond donors (Lipinski definition) is 0. The van der Waals surface area contributed by atoms with Gasteiger partial charge in [0.1, 0.15) is 11.4 Å². The van der Waals surface area contributed by atoms with Crippen molar-refractivity contribution in [2.45, 2.75) is 0 Å². The van der Waals surface area contributed by atoms with Crippen LogP contribution in [-0.2, 0) is 9.47 Å². The van der Waals surface area contributed by atoms with Crippen molar-refractivity contribution in [2.24, 2.45) is 0 Å². The van der Waals surface area contributed by atoms with Crippen LogP contribution in [0.1, 0.15) is 41.7 Å². The first-order valence-corrected chi connectivity index (χ1v) is 9.02. The molecule has 0 unspecified atom stereocenters. The molecule has 0 spiro atoms. The minimum absolute atomic E-state index is 0.153. The summed E-state index contributed by atoms with van der Waals surface area (Å²) in [5.41, 5.74) is 0.525. The van der Waals surface area contributed by atoms with Gasteiger partial charge < -0.3 is 9.47 Å². The van der Waals surface area contributed by atoms with Crippen LogP contribution < -0.4 is 0 Å². The van der Waals surface area contributed by atoms with Crippen molar-refractivity contribution in [2.75, 3.05) is 13.2 Å². The molecule has 0 bridgehead atoms. The maximum Gasteiger partial charge on any atom is 0.357 e. The van der Waals surface area contributed by atoms with Gasteiger partial charge in [0.05, 0.1) is 0 Å². The van der Waals surface area contributed by atoms with Crippen LogP contribution in [0.2, 0.25) is 0 Å². The molecule has 2 aromatic carbocycles. The Morgan fingerprint density at radius 2 is 0.967 bits per heavy atom. The third kappa shape index (κ3) is 5.45. The number of rotatable bonds is 8. The van der Waals surface area contributed by atoms with E-state index >= 15 is 0 Å². The number of carbonyl (C=O) groups is 4. The number of benzene rings is 2. The molecule has 0 radical (unpaired) electrons. The lowest BCUT2D eigenvalue weighted by atomic mass is 10.1. The lowest BCUT2D eigenvalue weighted by Crippen LogP contribution is -2.18. The standard InChI is InChI=1S/C23H17NO6/c25-20(16-8-3-1-4-9-16)14-29-22(27)18-12-7-13-19(24-18)23(28)30-15-21(26)17-10-5-2-6-11-17/h1-13H,14-15H2. The van der Waals surface area contributed by atoms with Crippen LogP contribution in [0.3, 0.4) is 0 Å². The van der Waals surface area contributed by atoms with E-state index < -0.39 is 25.2 Å². The molecule has 1 heterocycles. The monoisotopic (exact) mass is 403 g/mol. The highest BCUT2D eigenvalue weighted by Gasteiger charge is 2.17. The Hall–Kier alpha value is -4.13. The average Bonchev–Trinajstić information content (AvgIpc) is 2.81. The number of ketones is 2. The molecule has 0 fully saturated rings. The normalized spacial score (nSPS) is 10.1. The maximum atomic E-state index is 12.2. The zero-order valence-electron chi connectivity index (χ0n) is 15.8. The fraction of sp³-hybridized carbons (Fsp3) is 0.0870. The van der Waals surface area contributed by atoms with Crippen LogP contribution in [0, 0.1) is 0 Å². The van der Waals surface area contributed by atoms with Crippen molar-refractivity contribution < 1.29 is 28.7 Å². The van der Waals surface area contributed by atoms with E-state index in [-0.39, 0.29) is 23.0 Å². The molecule has 150 valence electrons. The third-order valence-corrected chi connectivity index (χ3v) is 4.03. The summed E-state index contributed by atoms with van der Waals surface area (Å²) < 4.78 is 9.96. The van der Waals surface area contributed by atoms with Gasteiger partial charge in [0.2, 0.25) is 0 Å². The molecular weight excluding hydrogens is 386 g/mol. The van der Waals surface area contributed by atoms with Crippen molar-refractivity contribution >= 4 is 23.5 Å². The first-order chi connectivity index (χ1) is 14.5. The second kappa shape index (κ2) is 9.88. The van der Waals surface area contributed by atoms with Crippen molar-refractivity contribution in [3.63, 3.8) is 0 Å². The molecule has 3 aromatic rings. The fourth-order valence-corrected chi connectivity index (χ4v) is 2.49. The van der Waals surface area contributed by atoms with E-state index in [1.807, 2.05) is 0 Å². The van der Waals surface area contributed by atoms with E-state index in [1.54, 1.807) is 60.7 Å². The highest BCUT2D eigenvalue weighted by molar-refractivity contribution is 6.00. The molecule has 0 aliphatic heterocycles. The summed E-state index contributed by atoms with van der Waals surface area (Å²) in [6.07, 6.45) is 0. The Balaban J connectivity index is 1.56. The molecule has 3 rings (SSSR count). The number of hydrogen-bond acceptors (Lipinski definition) is 7. The van der Waals surface area contributed by atoms with E-state index in [1.165, 1.54) is 18.2 Å². The minimum Gasteiger partial charge on any atom is -0.453 e. The lowest BCUT2D eigenvalue weighted by molar-refractivity contribution is 0.0456. The van der Waals surface area contributed by atoms with Crippen LogP contribution in [0.15, 0.2) is 78.9 Å². The van der Waals surface area contributed by atoms with E-state index in [0.29, 0.717) is 11.1 Å². The topological polar surface area (TPSA) is 99.6 Å². The first-order valence-electron chi connectivity index (χ1n) is 9.02. The number of esters is 2. The van der Waals surface area contributed by atoms with Gasteiger partial charge in [-0.3, -0.25) is 9.59 Å². The van der Waals surface area contributed by atoms with E-state index in [2.05, 4.69) is 4.98 Å². The summed E-state index contributed by atoms with van der Waals surface area (Å²) in [4.78, 5) is 52.3. The van der Waals surface area contributed by atoms with Crippen LogP contribution in [0.5, 0.6) is 0 Å². The summed E-state index contributed by atoms with van der Waals surface area (Å²) in [5, 5.41) is 0. The van der Waals surface area contributed by atoms with Gasteiger partial charge in [0.25, 0.3) is 0 Å². The molecule has 0 saturated heterocycles. The van der Waals surface area contributed by atoms with Crippen molar-refractivity contribution in [3.8, 4) is 0 Å². The second-order valence-corrected chi connectivity index (χ2v) is 6.14. The van der Waals surface area contributed by atoms with Gasteiger partial charge in [-0.1, -0.05) is 66.7 Å². The molecular formula is C23H17NO6. The highest BCUT2D eigenvalue weighted by Crippen LogP contribution is 2.07. The van der Waals surface area contributed by atoms with Crippen molar-refractivity contribution in [1.82, 2.24) is 4.98 Å². The molecule has 7 heteroatoms. The highest BCUT2D eigenvalue weighted by atomic mass is 16.5. The number of Topliss-reactive ketones (excluding diaryl/α,β-unsaturated/α-hetero) is 2. The third-order valence-electron chi connectivity index (χ3n) is 4.03. The van der Waals surface area contributed by atoms with Crippen LogP contribution in [-0.4, -0.2) is 41.7 Å². The Kier molecular flexibility index (Phi) is 6.78. The zero-order valence-corrected chi connectivity index (χ0v) is 15.8. The smallest absolute Gasteiger partial charge is 0.357 e. The largest absolute Gasteiger partial charge is 0.453 e. The summed E-state index contributed by atoms with van der Waals surface area (Å²) in [6.45, 7) is -0.907. The zero-order chi connectivity index (χ0) is 21.3. The predicted octanol–water partition coefficient (Wildman–Crippen LogP) is 3.16. The van der Waals surface area contributed by atoms with E-state index in [4.69, 9.17) is 9.47 Å². The van der Waals surface area contributed by atoms with Gasteiger partial charge in [-0.15, -0.1) is 0 Å². The summed E-state index contributed by atoms with van der Waals surface area (Å²) in [5.74, 6) is -2.43. The number of carbonyl (C=O) groups excluding carboxylic acids is 4. The van der Waals surface area contributed by atoms with Gasteiger partial charge in [-0.05, 0) is 12.1 Å². The number of nitrogens with zero attached hydrogens (tertiary/aromatic N) is 1. The van der Waals surface area contributed by atoms with Crippen molar-refractivity contribution in [1.29, 1.82) is 0 Å². The maximum absolute atomic E-state index is 12.2. The Bertz CT molecular complexity index is 981. The van der Waals surface area contributed by atoms with Crippen LogP contribution in [0.25, 0.3) is 0 Å². The number of pyridine rings is 1. The van der Waals surface area contributed by atoms with Gasteiger partial charge in [0, 0.05) is 11.1 Å². The number of aromatic nitrogens is 1. The summed E-state index contributed by atoms with van der Waals surface area (Å²) in [6, 6.07) is 20.9. The lowest BCUT2D eigenvalue weighted by Gasteiger charge is -2.06. The van der Waals surface area contributed by atoms with Crippen LogP contribution >= 0.6 is 0 Å². The Morgan fingerprint density at radius 3 is 1.37 bits per heavy atom. The second-order valence-electron chi connectivity index (χ2n) is 6.14. The van der Waals surface area contributed by atoms with Gasteiger partial charge in [-0.25, -0.2) is 14.6 Å². The Labute approximate surface area is 172 Å². The average molecular weight is 403 g/mol. The quantitative estimate of drug-likeness (QED) is 0.421. The molecule has 7 nitrogen and oxygen atoms in total. The first kappa shape index (κ1) is 20.6. The van der Waals surface area contributed by atoms with Gasteiger partial charge >= 0.3 is 11.9 Å². The van der Waals surface area contributed by atoms with Crippen LogP contribution in [0.4, 0.5) is 0 Å². The van der Waals surface area contributed by atoms with E-state index in [0.717, 1.165) is 0 Å². The predicted molar refractivity (Wildman–Crippen MR) is 106 cm³/mol. The van der Waals surface area contributed by atoms with Crippen molar-refractivity contribution in [3.05, 3.63) is 101 Å². The Morgan fingerprint density at radius 1 is 0.567 bits per heavy atom. The molecule has 1 aromatic heterocycles. The van der Waals surface area contributed by atoms with Gasteiger partial charge in [-0.2, -0.15) is 0 Å². The number of ether oxygens (including phenoxy) is 2.